The highest BCUT2D eigenvalue weighted by Gasteiger charge is 2.24. The molecule has 0 aliphatic carbocycles. The largest absolute Gasteiger partial charge is 0.477 e. The number of esters is 2. The van der Waals surface area contributed by atoms with Crippen molar-refractivity contribution in [2.45, 2.75) is 13.8 Å². The Morgan fingerprint density at radius 2 is 1.87 bits per heavy atom. The van der Waals surface area contributed by atoms with E-state index in [2.05, 4.69) is 10.3 Å². The molecule has 0 radical (unpaired) electrons. The quantitative estimate of drug-likeness (QED) is 0.476. The van der Waals surface area contributed by atoms with Crippen LogP contribution in [0.3, 0.4) is 0 Å². The van der Waals surface area contributed by atoms with Gasteiger partial charge in [0.15, 0.2) is 6.61 Å². The summed E-state index contributed by atoms with van der Waals surface area (Å²) in [4.78, 5) is 42.1. The Balaban J connectivity index is 1.71. The van der Waals surface area contributed by atoms with Gasteiger partial charge in [-0.3, -0.25) is 4.79 Å². The van der Waals surface area contributed by atoms with E-state index in [-0.39, 0.29) is 23.6 Å². The first kappa shape index (κ1) is 22.4. The van der Waals surface area contributed by atoms with E-state index in [1.54, 1.807) is 25.3 Å². The summed E-state index contributed by atoms with van der Waals surface area (Å²) in [6.07, 6.45) is 1.49. The predicted octanol–water partition coefficient (Wildman–Crippen LogP) is 4.24. The fourth-order valence-corrected chi connectivity index (χ4v) is 4.43. The third-order valence-electron chi connectivity index (χ3n) is 3.92. The zero-order valence-electron chi connectivity index (χ0n) is 16.9. The number of hydrogen-bond donors (Lipinski definition) is 1. The van der Waals surface area contributed by atoms with Crippen LogP contribution in [0, 0.1) is 0 Å². The number of carbonyl (C=O) groups is 3. The Hall–Kier alpha value is -3.24. The summed E-state index contributed by atoms with van der Waals surface area (Å²) in [5.74, 6) is -1.71. The molecule has 0 aliphatic heterocycles. The number of rotatable bonds is 9. The molecule has 8 nitrogen and oxygen atoms in total. The van der Waals surface area contributed by atoms with Gasteiger partial charge >= 0.3 is 11.9 Å². The Bertz CT molecular complexity index is 1060. The minimum Gasteiger partial charge on any atom is -0.477 e. The number of nitrogens with one attached hydrogen (secondary N) is 1. The predicted molar refractivity (Wildman–Crippen MR) is 118 cm³/mol. The van der Waals surface area contributed by atoms with Crippen LogP contribution < -0.4 is 10.1 Å². The first-order valence-corrected chi connectivity index (χ1v) is 11.2. The second-order valence-corrected chi connectivity index (χ2v) is 7.79. The van der Waals surface area contributed by atoms with Crippen LogP contribution in [0.2, 0.25) is 0 Å². The second-order valence-electron chi connectivity index (χ2n) is 5.96. The summed E-state index contributed by atoms with van der Waals surface area (Å²) >= 11 is 2.67. The molecular weight excluding hydrogens is 440 g/mol. The molecular formula is C21H20N2O6S2. The second kappa shape index (κ2) is 10.7. The minimum atomic E-state index is -0.734. The maximum absolute atomic E-state index is 12.5. The highest BCUT2D eigenvalue weighted by Crippen LogP contribution is 2.38. The van der Waals surface area contributed by atoms with E-state index in [1.807, 2.05) is 17.5 Å². The lowest BCUT2D eigenvalue weighted by atomic mass is 10.1. The number of nitrogens with zero attached hydrogens (tertiary/aromatic N) is 1. The number of anilines is 1. The monoisotopic (exact) mass is 460 g/mol. The van der Waals surface area contributed by atoms with Gasteiger partial charge in [0.2, 0.25) is 5.88 Å². The molecule has 3 aromatic rings. The fourth-order valence-electron chi connectivity index (χ4n) is 2.64. The van der Waals surface area contributed by atoms with Crippen molar-refractivity contribution in [3.63, 3.8) is 0 Å². The van der Waals surface area contributed by atoms with E-state index in [9.17, 15) is 14.4 Å². The van der Waals surface area contributed by atoms with E-state index in [4.69, 9.17) is 14.2 Å². The molecule has 162 valence electrons. The third-order valence-corrected chi connectivity index (χ3v) is 5.72. The lowest BCUT2D eigenvalue weighted by Crippen LogP contribution is -2.22. The molecule has 3 heterocycles. The molecule has 0 bridgehead atoms. The SMILES string of the molecule is CCOC(=O)c1c(-c2cccs2)csc1NC(=O)COC(=O)c1cccnc1OCC. The van der Waals surface area contributed by atoms with Gasteiger partial charge in [0.25, 0.3) is 5.91 Å². The van der Waals surface area contributed by atoms with Crippen LogP contribution in [-0.2, 0) is 14.3 Å². The number of aromatic nitrogens is 1. The van der Waals surface area contributed by atoms with Crippen molar-refractivity contribution < 1.29 is 28.6 Å². The summed E-state index contributed by atoms with van der Waals surface area (Å²) < 4.78 is 15.6. The average Bonchev–Trinajstić information content (AvgIpc) is 3.42. The minimum absolute atomic E-state index is 0.125. The number of carbonyl (C=O) groups excluding carboxylic acids is 3. The molecule has 0 unspecified atom stereocenters. The van der Waals surface area contributed by atoms with Gasteiger partial charge in [0, 0.05) is 22.0 Å². The highest BCUT2D eigenvalue weighted by molar-refractivity contribution is 7.17. The van der Waals surface area contributed by atoms with E-state index in [0.29, 0.717) is 17.2 Å². The fraction of sp³-hybridized carbons (Fsp3) is 0.238. The zero-order chi connectivity index (χ0) is 22.2. The van der Waals surface area contributed by atoms with Crippen molar-refractivity contribution in [3.8, 4) is 16.3 Å². The van der Waals surface area contributed by atoms with Crippen molar-refractivity contribution in [2.75, 3.05) is 25.1 Å². The van der Waals surface area contributed by atoms with Crippen molar-refractivity contribution in [3.05, 3.63) is 52.3 Å². The van der Waals surface area contributed by atoms with Gasteiger partial charge in [-0.1, -0.05) is 6.07 Å². The molecule has 1 N–H and O–H groups in total. The Kier molecular flexibility index (Phi) is 7.74. The van der Waals surface area contributed by atoms with Gasteiger partial charge < -0.3 is 19.5 Å². The number of pyridine rings is 1. The number of hydrogen-bond acceptors (Lipinski definition) is 9. The van der Waals surface area contributed by atoms with Gasteiger partial charge in [0.1, 0.15) is 16.1 Å². The maximum Gasteiger partial charge on any atom is 0.344 e. The molecule has 1 amide bonds. The molecule has 3 aromatic heterocycles. The molecule has 10 heteroatoms. The lowest BCUT2D eigenvalue weighted by Gasteiger charge is -2.10. The van der Waals surface area contributed by atoms with Crippen LogP contribution in [0.15, 0.2) is 41.2 Å². The van der Waals surface area contributed by atoms with Gasteiger partial charge in [-0.15, -0.1) is 22.7 Å². The first-order chi connectivity index (χ1) is 15.0. The Morgan fingerprint density at radius 3 is 2.58 bits per heavy atom. The molecule has 0 aromatic carbocycles. The molecule has 0 fully saturated rings. The highest BCUT2D eigenvalue weighted by atomic mass is 32.1. The standard InChI is InChI=1S/C21H20N2O6S2/c1-3-27-18-13(7-5-9-22-18)20(25)29-11-16(24)23-19-17(21(26)28-4-2)14(12-31-19)15-8-6-10-30-15/h5-10,12H,3-4,11H2,1-2H3,(H,23,24). The van der Waals surface area contributed by atoms with Crippen molar-refractivity contribution in [1.82, 2.24) is 4.98 Å². The van der Waals surface area contributed by atoms with E-state index >= 15 is 0 Å². The zero-order valence-corrected chi connectivity index (χ0v) is 18.5. The topological polar surface area (TPSA) is 104 Å². The van der Waals surface area contributed by atoms with E-state index < -0.39 is 24.5 Å². The van der Waals surface area contributed by atoms with Crippen LogP contribution >= 0.6 is 22.7 Å². The molecule has 31 heavy (non-hydrogen) atoms. The third kappa shape index (κ3) is 5.47. The first-order valence-electron chi connectivity index (χ1n) is 9.42. The molecule has 0 atom stereocenters. The molecule has 3 rings (SSSR count). The summed E-state index contributed by atoms with van der Waals surface area (Å²) in [7, 11) is 0. The van der Waals surface area contributed by atoms with Crippen molar-refractivity contribution in [1.29, 1.82) is 0 Å². The van der Waals surface area contributed by atoms with Crippen molar-refractivity contribution >= 4 is 45.5 Å². The number of amides is 1. The summed E-state index contributed by atoms with van der Waals surface area (Å²) in [5.41, 5.74) is 1.09. The Morgan fingerprint density at radius 1 is 1.03 bits per heavy atom. The smallest absolute Gasteiger partial charge is 0.344 e. The Labute approximate surface area is 186 Å². The van der Waals surface area contributed by atoms with Crippen LogP contribution in [0.5, 0.6) is 5.88 Å². The summed E-state index contributed by atoms with van der Waals surface area (Å²) in [6, 6.07) is 6.83. The number of thiophene rings is 2. The van der Waals surface area contributed by atoms with E-state index in [0.717, 1.165) is 4.88 Å². The van der Waals surface area contributed by atoms with Gasteiger partial charge in [-0.25, -0.2) is 14.6 Å². The van der Waals surface area contributed by atoms with Crippen LogP contribution in [-0.4, -0.2) is 42.7 Å². The number of ether oxygens (including phenoxy) is 3. The lowest BCUT2D eigenvalue weighted by molar-refractivity contribution is -0.119. The molecule has 0 saturated heterocycles. The molecule has 0 spiro atoms. The summed E-state index contributed by atoms with van der Waals surface area (Å²) in [5, 5.41) is 6.65. The summed E-state index contributed by atoms with van der Waals surface area (Å²) in [6.45, 7) is 3.48. The van der Waals surface area contributed by atoms with Crippen LogP contribution in [0.4, 0.5) is 5.00 Å². The van der Waals surface area contributed by atoms with Gasteiger partial charge in [-0.2, -0.15) is 0 Å². The van der Waals surface area contributed by atoms with Gasteiger partial charge in [-0.05, 0) is 37.4 Å². The van der Waals surface area contributed by atoms with Crippen LogP contribution in [0.1, 0.15) is 34.6 Å². The van der Waals surface area contributed by atoms with Crippen LogP contribution in [0.25, 0.3) is 10.4 Å². The van der Waals surface area contributed by atoms with Gasteiger partial charge in [0.05, 0.1) is 13.2 Å². The average molecular weight is 461 g/mol. The maximum atomic E-state index is 12.5. The van der Waals surface area contributed by atoms with Crippen molar-refractivity contribution in [2.24, 2.45) is 0 Å². The molecule has 0 aliphatic rings. The van der Waals surface area contributed by atoms with E-state index in [1.165, 1.54) is 34.9 Å². The normalized spacial score (nSPS) is 10.4. The molecule has 0 saturated carbocycles.